The number of thiocarbonyl (C=S) groups is 1. The summed E-state index contributed by atoms with van der Waals surface area (Å²) in [6.45, 7) is 1.94. The molecule has 8 nitrogen and oxygen atoms in total. The molecule has 0 spiro atoms. The standard InChI is InChI=1S/C21H25N3O5S/c1-5-6-18(25)22-14-7-9-15(10-8-14)23-21(30)24-20(26)13-11-16(27-2)19(29-4)17(12-13)28-3/h7-12H,5-6H2,1-4H3,(H,22,25)(H2,23,24,26,30). The van der Waals surface area contributed by atoms with Crippen molar-refractivity contribution in [2.24, 2.45) is 0 Å². The highest BCUT2D eigenvalue weighted by Gasteiger charge is 2.17. The quantitative estimate of drug-likeness (QED) is 0.550. The van der Waals surface area contributed by atoms with E-state index in [0.717, 1.165) is 6.42 Å². The van der Waals surface area contributed by atoms with Gasteiger partial charge in [0.15, 0.2) is 16.6 Å². The van der Waals surface area contributed by atoms with Gasteiger partial charge < -0.3 is 24.8 Å². The Balaban J connectivity index is 2.02. The van der Waals surface area contributed by atoms with Crippen molar-refractivity contribution in [3.63, 3.8) is 0 Å². The summed E-state index contributed by atoms with van der Waals surface area (Å²) in [4.78, 5) is 24.2. The molecule has 0 aromatic heterocycles. The third-order valence-corrected chi connectivity index (χ3v) is 4.26. The summed E-state index contributed by atoms with van der Waals surface area (Å²) >= 11 is 5.22. The predicted octanol–water partition coefficient (Wildman–Crippen LogP) is 3.58. The SMILES string of the molecule is CCCC(=O)Nc1ccc(NC(=S)NC(=O)c2cc(OC)c(OC)c(OC)c2)cc1. The maximum Gasteiger partial charge on any atom is 0.257 e. The van der Waals surface area contributed by atoms with E-state index in [1.165, 1.54) is 33.5 Å². The molecule has 3 N–H and O–H groups in total. The van der Waals surface area contributed by atoms with Crippen molar-refractivity contribution < 1.29 is 23.8 Å². The van der Waals surface area contributed by atoms with E-state index in [0.29, 0.717) is 40.6 Å². The van der Waals surface area contributed by atoms with Crippen molar-refractivity contribution in [3.8, 4) is 17.2 Å². The van der Waals surface area contributed by atoms with Gasteiger partial charge in [0.1, 0.15) is 0 Å². The van der Waals surface area contributed by atoms with Crippen molar-refractivity contribution in [2.45, 2.75) is 19.8 Å². The number of carbonyl (C=O) groups excluding carboxylic acids is 2. The zero-order chi connectivity index (χ0) is 22.1. The van der Waals surface area contributed by atoms with Crippen LogP contribution in [0.5, 0.6) is 17.2 Å². The number of rotatable bonds is 8. The molecule has 2 aromatic rings. The van der Waals surface area contributed by atoms with E-state index in [1.54, 1.807) is 24.3 Å². The van der Waals surface area contributed by atoms with E-state index in [1.807, 2.05) is 6.92 Å². The fourth-order valence-corrected chi connectivity index (χ4v) is 2.85. The van der Waals surface area contributed by atoms with E-state index in [2.05, 4.69) is 16.0 Å². The third-order valence-electron chi connectivity index (χ3n) is 4.06. The van der Waals surface area contributed by atoms with Gasteiger partial charge in [-0.25, -0.2) is 0 Å². The zero-order valence-corrected chi connectivity index (χ0v) is 18.1. The van der Waals surface area contributed by atoms with Crippen molar-refractivity contribution in [3.05, 3.63) is 42.0 Å². The highest BCUT2D eigenvalue weighted by atomic mass is 32.1. The van der Waals surface area contributed by atoms with Gasteiger partial charge in [-0.3, -0.25) is 14.9 Å². The molecule has 0 saturated heterocycles. The maximum atomic E-state index is 12.6. The molecule has 2 amide bonds. The van der Waals surface area contributed by atoms with Crippen LogP contribution < -0.4 is 30.2 Å². The Morgan fingerprint density at radius 2 is 1.43 bits per heavy atom. The minimum atomic E-state index is -0.435. The van der Waals surface area contributed by atoms with Crippen LogP contribution in [-0.4, -0.2) is 38.3 Å². The number of nitrogens with one attached hydrogen (secondary N) is 3. The summed E-state index contributed by atoms with van der Waals surface area (Å²) in [7, 11) is 4.43. The Hall–Kier alpha value is -3.33. The fraction of sp³-hybridized carbons (Fsp3) is 0.286. The fourth-order valence-electron chi connectivity index (χ4n) is 2.64. The van der Waals surface area contributed by atoms with Gasteiger partial charge in [-0.2, -0.15) is 0 Å². The van der Waals surface area contributed by atoms with Crippen LogP contribution >= 0.6 is 12.2 Å². The van der Waals surface area contributed by atoms with Gasteiger partial charge in [0, 0.05) is 23.4 Å². The van der Waals surface area contributed by atoms with E-state index in [4.69, 9.17) is 26.4 Å². The second-order valence-electron chi connectivity index (χ2n) is 6.20. The molecule has 9 heteroatoms. The maximum absolute atomic E-state index is 12.6. The summed E-state index contributed by atoms with van der Waals surface area (Å²) in [5, 5.41) is 8.46. The van der Waals surface area contributed by atoms with Crippen molar-refractivity contribution in [2.75, 3.05) is 32.0 Å². The number of hydrogen-bond donors (Lipinski definition) is 3. The average molecular weight is 432 g/mol. The summed E-state index contributed by atoms with van der Waals surface area (Å²) in [5.74, 6) is 0.646. The first-order valence-electron chi connectivity index (χ1n) is 9.24. The summed E-state index contributed by atoms with van der Waals surface area (Å²) in [5.41, 5.74) is 1.65. The van der Waals surface area contributed by atoms with Gasteiger partial charge >= 0.3 is 0 Å². The van der Waals surface area contributed by atoms with Crippen LogP contribution in [0.3, 0.4) is 0 Å². The molecule has 0 aliphatic rings. The minimum Gasteiger partial charge on any atom is -0.493 e. The van der Waals surface area contributed by atoms with Crippen LogP contribution in [0.4, 0.5) is 11.4 Å². The molecule has 0 saturated carbocycles. The lowest BCUT2D eigenvalue weighted by Crippen LogP contribution is -2.34. The van der Waals surface area contributed by atoms with E-state index < -0.39 is 5.91 Å². The average Bonchev–Trinajstić information content (AvgIpc) is 2.73. The molecule has 0 atom stereocenters. The van der Waals surface area contributed by atoms with Crippen molar-refractivity contribution in [1.29, 1.82) is 0 Å². The second kappa shape index (κ2) is 11.0. The monoisotopic (exact) mass is 431 g/mol. The number of hydrogen-bond acceptors (Lipinski definition) is 6. The number of methoxy groups -OCH3 is 3. The molecule has 0 aliphatic heterocycles. The topological polar surface area (TPSA) is 97.9 Å². The Morgan fingerprint density at radius 3 is 1.90 bits per heavy atom. The zero-order valence-electron chi connectivity index (χ0n) is 17.3. The first-order chi connectivity index (χ1) is 14.4. The molecule has 0 fully saturated rings. The van der Waals surface area contributed by atoms with Crippen molar-refractivity contribution >= 4 is 40.5 Å². The van der Waals surface area contributed by atoms with Crippen LogP contribution in [0.1, 0.15) is 30.1 Å². The van der Waals surface area contributed by atoms with Gasteiger partial charge in [-0.05, 0) is 55.0 Å². The first-order valence-corrected chi connectivity index (χ1v) is 9.64. The van der Waals surface area contributed by atoms with Crippen LogP contribution in [-0.2, 0) is 4.79 Å². The molecule has 0 radical (unpaired) electrons. The van der Waals surface area contributed by atoms with Gasteiger partial charge in [-0.15, -0.1) is 0 Å². The lowest BCUT2D eigenvalue weighted by atomic mass is 10.1. The lowest BCUT2D eigenvalue weighted by molar-refractivity contribution is -0.116. The number of amides is 2. The lowest BCUT2D eigenvalue weighted by Gasteiger charge is -2.15. The van der Waals surface area contributed by atoms with Gasteiger partial charge in [0.05, 0.1) is 21.3 Å². The molecule has 2 aromatic carbocycles. The minimum absolute atomic E-state index is 0.0358. The van der Waals surface area contributed by atoms with Crippen LogP contribution in [0.15, 0.2) is 36.4 Å². The van der Waals surface area contributed by atoms with Crippen LogP contribution in [0.2, 0.25) is 0 Å². The Labute approximate surface area is 180 Å². The molecule has 160 valence electrons. The number of anilines is 2. The van der Waals surface area contributed by atoms with Gasteiger partial charge in [-0.1, -0.05) is 6.92 Å². The normalized spacial score (nSPS) is 10.0. The Bertz CT molecular complexity index is 890. The highest BCUT2D eigenvalue weighted by Crippen LogP contribution is 2.38. The molecular formula is C21H25N3O5S. The molecule has 30 heavy (non-hydrogen) atoms. The van der Waals surface area contributed by atoms with E-state index >= 15 is 0 Å². The molecule has 0 bridgehead atoms. The molecular weight excluding hydrogens is 406 g/mol. The Kier molecular flexibility index (Phi) is 8.42. The Morgan fingerprint density at radius 1 is 0.900 bits per heavy atom. The highest BCUT2D eigenvalue weighted by molar-refractivity contribution is 7.80. The largest absolute Gasteiger partial charge is 0.493 e. The number of carbonyl (C=O) groups is 2. The van der Waals surface area contributed by atoms with Gasteiger partial charge in [0.25, 0.3) is 5.91 Å². The predicted molar refractivity (Wildman–Crippen MR) is 120 cm³/mol. The molecule has 0 unspecified atom stereocenters. The number of benzene rings is 2. The summed E-state index contributed by atoms with van der Waals surface area (Å²) in [6.07, 6.45) is 1.25. The summed E-state index contributed by atoms with van der Waals surface area (Å²) < 4.78 is 15.8. The smallest absolute Gasteiger partial charge is 0.257 e. The van der Waals surface area contributed by atoms with Crippen molar-refractivity contribution in [1.82, 2.24) is 5.32 Å². The molecule has 2 rings (SSSR count). The van der Waals surface area contributed by atoms with E-state index in [9.17, 15) is 9.59 Å². The first kappa shape index (κ1) is 23.0. The summed E-state index contributed by atoms with van der Waals surface area (Å²) in [6, 6.07) is 10.1. The van der Waals surface area contributed by atoms with Crippen LogP contribution in [0.25, 0.3) is 0 Å². The van der Waals surface area contributed by atoms with E-state index in [-0.39, 0.29) is 11.0 Å². The molecule has 0 heterocycles. The third kappa shape index (κ3) is 6.08. The molecule has 0 aliphatic carbocycles. The second-order valence-corrected chi connectivity index (χ2v) is 6.61. The number of ether oxygens (including phenoxy) is 3. The van der Waals surface area contributed by atoms with Crippen LogP contribution in [0, 0.1) is 0 Å². The van der Waals surface area contributed by atoms with Gasteiger partial charge in [0.2, 0.25) is 11.7 Å².